The van der Waals surface area contributed by atoms with Crippen LogP contribution in [0.2, 0.25) is 0 Å². The molecule has 3 aliphatic heterocycles. The predicted octanol–water partition coefficient (Wildman–Crippen LogP) is 3.87. The van der Waals surface area contributed by atoms with Crippen LogP contribution in [-0.2, 0) is 35.7 Å². The van der Waals surface area contributed by atoms with Gasteiger partial charge in [-0.25, -0.2) is 0 Å². The number of aryl methyl sites for hydroxylation is 1. The van der Waals surface area contributed by atoms with Crippen LogP contribution in [0.15, 0.2) is 36.2 Å². The number of anilines is 1. The van der Waals surface area contributed by atoms with Crippen molar-refractivity contribution >= 4 is 17.3 Å². The molecule has 0 unspecified atom stereocenters. The Morgan fingerprint density at radius 1 is 1.19 bits per heavy atom. The third-order valence-electron chi connectivity index (χ3n) is 7.06. The fourth-order valence-corrected chi connectivity index (χ4v) is 5.17. The van der Waals surface area contributed by atoms with Gasteiger partial charge in [-0.15, -0.1) is 0 Å². The van der Waals surface area contributed by atoms with E-state index in [1.54, 1.807) is 26.0 Å². The Labute approximate surface area is 207 Å². The maximum atomic E-state index is 13.5. The average Bonchev–Trinajstić information content (AvgIpc) is 3.47. The molecule has 8 nitrogen and oxygen atoms in total. The molecule has 1 amide bonds. The van der Waals surface area contributed by atoms with Gasteiger partial charge in [0.05, 0.1) is 25.8 Å². The number of fused-ring (bicyclic) bond motifs is 1. The third kappa shape index (κ3) is 4.15. The van der Waals surface area contributed by atoms with Gasteiger partial charge >= 0.3 is 6.18 Å². The SMILES string of the molecule is C=CC1=C(/C=C(\C)c2cn(C)nc2C(F)(F)F)CCN1c1nn(C2COC2)c2c1CN(C(C)=O)CC2. The summed E-state index contributed by atoms with van der Waals surface area (Å²) < 4.78 is 49.2. The van der Waals surface area contributed by atoms with E-state index in [1.165, 1.54) is 17.9 Å². The Balaban J connectivity index is 1.54. The number of allylic oxidation sites excluding steroid dienone is 3. The summed E-state index contributed by atoms with van der Waals surface area (Å²) >= 11 is 0. The van der Waals surface area contributed by atoms with Crippen molar-refractivity contribution < 1.29 is 22.7 Å². The smallest absolute Gasteiger partial charge is 0.377 e. The molecule has 2 aromatic rings. The van der Waals surface area contributed by atoms with Crippen molar-refractivity contribution in [3.63, 3.8) is 0 Å². The molecule has 0 bridgehead atoms. The van der Waals surface area contributed by atoms with Gasteiger partial charge in [0.25, 0.3) is 0 Å². The number of ether oxygens (including phenoxy) is 1. The molecule has 0 N–H and O–H groups in total. The molecule has 36 heavy (non-hydrogen) atoms. The Kier molecular flexibility index (Phi) is 6.06. The maximum absolute atomic E-state index is 13.5. The van der Waals surface area contributed by atoms with Gasteiger partial charge in [-0.2, -0.15) is 23.4 Å². The first kappa shape index (κ1) is 24.4. The van der Waals surface area contributed by atoms with Gasteiger partial charge in [-0.1, -0.05) is 12.7 Å². The van der Waals surface area contributed by atoms with Crippen LogP contribution in [0.1, 0.15) is 48.8 Å². The van der Waals surface area contributed by atoms with Crippen molar-refractivity contribution in [2.24, 2.45) is 7.05 Å². The van der Waals surface area contributed by atoms with Crippen molar-refractivity contribution in [1.82, 2.24) is 24.5 Å². The third-order valence-corrected chi connectivity index (χ3v) is 7.06. The number of rotatable bonds is 5. The number of carbonyl (C=O) groups excluding carboxylic acids is 1. The molecule has 11 heteroatoms. The summed E-state index contributed by atoms with van der Waals surface area (Å²) in [6.45, 7) is 10.2. The Morgan fingerprint density at radius 3 is 2.56 bits per heavy atom. The first-order chi connectivity index (χ1) is 17.1. The number of hydrogen-bond acceptors (Lipinski definition) is 5. The molecular weight excluding hydrogens is 473 g/mol. The molecule has 0 aromatic carbocycles. The molecule has 0 aliphatic carbocycles. The quantitative estimate of drug-likeness (QED) is 0.621. The van der Waals surface area contributed by atoms with E-state index < -0.39 is 11.9 Å². The second-order valence-corrected chi connectivity index (χ2v) is 9.48. The minimum Gasteiger partial charge on any atom is -0.377 e. The normalized spacial score (nSPS) is 19.1. The number of nitrogens with zero attached hydrogens (tertiary/aromatic N) is 6. The lowest BCUT2D eigenvalue weighted by atomic mass is 10.0. The molecule has 2 aromatic heterocycles. The number of hydrogen-bond donors (Lipinski definition) is 0. The van der Waals surface area contributed by atoms with E-state index in [-0.39, 0.29) is 17.5 Å². The van der Waals surface area contributed by atoms with E-state index in [2.05, 4.69) is 16.6 Å². The molecule has 0 saturated carbocycles. The van der Waals surface area contributed by atoms with E-state index >= 15 is 0 Å². The van der Waals surface area contributed by atoms with Gasteiger partial charge in [-0.3, -0.25) is 14.2 Å². The molecular formula is C25H29F3N6O2. The average molecular weight is 503 g/mol. The highest BCUT2D eigenvalue weighted by atomic mass is 19.4. The molecule has 5 heterocycles. The van der Waals surface area contributed by atoms with Gasteiger partial charge in [0, 0.05) is 62.2 Å². The van der Waals surface area contributed by atoms with E-state index in [9.17, 15) is 18.0 Å². The van der Waals surface area contributed by atoms with Crippen LogP contribution in [0.4, 0.5) is 19.0 Å². The van der Waals surface area contributed by atoms with Crippen LogP contribution in [0.3, 0.4) is 0 Å². The van der Waals surface area contributed by atoms with Gasteiger partial charge < -0.3 is 14.5 Å². The second kappa shape index (κ2) is 8.95. The molecule has 192 valence electrons. The highest BCUT2D eigenvalue weighted by molar-refractivity contribution is 5.75. The lowest BCUT2D eigenvalue weighted by Crippen LogP contribution is -2.37. The number of carbonyl (C=O) groups is 1. The molecule has 1 fully saturated rings. The van der Waals surface area contributed by atoms with Crippen molar-refractivity contribution in [2.75, 3.05) is 31.2 Å². The fraction of sp³-hybridized carbons (Fsp3) is 0.480. The predicted molar refractivity (Wildman–Crippen MR) is 128 cm³/mol. The number of halogens is 3. The molecule has 1 saturated heterocycles. The second-order valence-electron chi connectivity index (χ2n) is 9.48. The van der Waals surface area contributed by atoms with Crippen molar-refractivity contribution in [2.45, 2.75) is 45.5 Å². The summed E-state index contributed by atoms with van der Waals surface area (Å²) in [5.41, 5.74) is 3.46. The lowest BCUT2D eigenvalue weighted by Gasteiger charge is -2.31. The molecule has 0 atom stereocenters. The summed E-state index contributed by atoms with van der Waals surface area (Å²) in [6.07, 6.45) is 1.71. The van der Waals surface area contributed by atoms with Crippen molar-refractivity contribution in [3.05, 3.63) is 58.7 Å². The van der Waals surface area contributed by atoms with Gasteiger partial charge in [0.15, 0.2) is 11.5 Å². The van der Waals surface area contributed by atoms with Gasteiger partial charge in [0.1, 0.15) is 0 Å². The maximum Gasteiger partial charge on any atom is 0.435 e. The summed E-state index contributed by atoms with van der Waals surface area (Å²) in [7, 11) is 1.48. The number of amides is 1. The summed E-state index contributed by atoms with van der Waals surface area (Å²) in [5.74, 6) is 0.791. The Bertz CT molecular complexity index is 1280. The zero-order chi connectivity index (χ0) is 25.8. The highest BCUT2D eigenvalue weighted by Crippen LogP contribution is 2.39. The molecule has 3 aliphatic rings. The van der Waals surface area contributed by atoms with Crippen LogP contribution in [0, 0.1) is 0 Å². The van der Waals surface area contributed by atoms with E-state index in [4.69, 9.17) is 9.84 Å². The fourth-order valence-electron chi connectivity index (χ4n) is 5.17. The van der Waals surface area contributed by atoms with E-state index in [0.29, 0.717) is 51.3 Å². The molecule has 0 spiro atoms. The van der Waals surface area contributed by atoms with Crippen LogP contribution in [0.5, 0.6) is 0 Å². The van der Waals surface area contributed by atoms with Crippen LogP contribution >= 0.6 is 0 Å². The van der Waals surface area contributed by atoms with Crippen molar-refractivity contribution in [3.8, 4) is 0 Å². The summed E-state index contributed by atoms with van der Waals surface area (Å²) in [5, 5.41) is 8.60. The minimum absolute atomic E-state index is 0.0171. The van der Waals surface area contributed by atoms with Gasteiger partial charge in [0.2, 0.25) is 5.91 Å². The van der Waals surface area contributed by atoms with Gasteiger partial charge in [-0.05, 0) is 30.6 Å². The first-order valence-corrected chi connectivity index (χ1v) is 11.9. The number of aromatic nitrogens is 4. The standard InChI is InChI=1S/C25H29F3N6O2/c1-5-21-17(10-15(2)19-11-31(4)29-23(19)25(26,27)28)6-9-33(21)24-20-12-32(16(3)35)8-7-22(20)34(30-24)18-13-36-14-18/h5,10-11,18H,1,6-9,12-14H2,2-4H3/b15-10+. The van der Waals surface area contributed by atoms with Crippen molar-refractivity contribution in [1.29, 1.82) is 0 Å². The zero-order valence-corrected chi connectivity index (χ0v) is 20.6. The largest absolute Gasteiger partial charge is 0.435 e. The molecule has 0 radical (unpaired) electrons. The summed E-state index contributed by atoms with van der Waals surface area (Å²) in [6, 6.07) is 0.170. The van der Waals surface area contributed by atoms with Crippen LogP contribution in [0.25, 0.3) is 5.57 Å². The number of alkyl halides is 3. The lowest BCUT2D eigenvalue weighted by molar-refractivity contribution is -0.141. The highest BCUT2D eigenvalue weighted by Gasteiger charge is 2.38. The Hall–Kier alpha value is -3.34. The first-order valence-electron chi connectivity index (χ1n) is 11.9. The Morgan fingerprint density at radius 2 is 1.94 bits per heavy atom. The monoisotopic (exact) mass is 502 g/mol. The van der Waals surface area contributed by atoms with E-state index in [1.807, 2.05) is 9.58 Å². The minimum atomic E-state index is -4.54. The summed E-state index contributed by atoms with van der Waals surface area (Å²) in [4.78, 5) is 16.0. The topological polar surface area (TPSA) is 68.4 Å². The van der Waals surface area contributed by atoms with Crippen LogP contribution in [-0.4, -0.2) is 56.7 Å². The van der Waals surface area contributed by atoms with E-state index in [0.717, 1.165) is 28.3 Å². The van der Waals surface area contributed by atoms with Crippen LogP contribution < -0.4 is 4.90 Å². The zero-order valence-electron chi connectivity index (χ0n) is 20.6. The molecule has 5 rings (SSSR count).